The summed E-state index contributed by atoms with van der Waals surface area (Å²) in [6.07, 6.45) is 8.30. The van der Waals surface area contributed by atoms with Crippen molar-refractivity contribution in [2.24, 2.45) is 0 Å². The molecule has 2 heteroatoms. The number of nitrogens with one attached hydrogen (secondary N) is 1. The van der Waals surface area contributed by atoms with Crippen LogP contribution in [0.2, 0.25) is 0 Å². The van der Waals surface area contributed by atoms with E-state index in [9.17, 15) is 4.79 Å². The Morgan fingerprint density at radius 3 is 3.18 bits per heavy atom. The van der Waals surface area contributed by atoms with E-state index in [0.717, 1.165) is 19.3 Å². The molecule has 11 heavy (non-hydrogen) atoms. The molecule has 0 amide bonds. The Balaban J connectivity index is 2.18. The van der Waals surface area contributed by atoms with Crippen LogP contribution in [0.3, 0.4) is 0 Å². The van der Waals surface area contributed by atoms with Gasteiger partial charge < -0.3 is 4.98 Å². The molecule has 2 nitrogen and oxygen atoms in total. The van der Waals surface area contributed by atoms with Crippen molar-refractivity contribution in [3.8, 4) is 0 Å². The van der Waals surface area contributed by atoms with Gasteiger partial charge in [-0.2, -0.15) is 0 Å². The molecule has 58 valence electrons. The van der Waals surface area contributed by atoms with Crippen molar-refractivity contribution in [3.05, 3.63) is 30.1 Å². The lowest BCUT2D eigenvalue weighted by atomic mass is 10.1. The SMILES string of the molecule is O=C=CCCCc1cc[nH]c1. The number of allylic oxidation sites excluding steroid dienone is 1. The third-order valence-electron chi connectivity index (χ3n) is 1.56. The molecule has 0 bridgehead atoms. The summed E-state index contributed by atoms with van der Waals surface area (Å²) in [7, 11) is 0. The Kier molecular flexibility index (Phi) is 3.23. The number of carbonyl (C=O) groups excluding carboxylic acids is 1. The molecule has 1 aromatic rings. The van der Waals surface area contributed by atoms with E-state index in [-0.39, 0.29) is 0 Å². The predicted molar refractivity (Wildman–Crippen MR) is 44.0 cm³/mol. The zero-order chi connectivity index (χ0) is 7.94. The Morgan fingerprint density at radius 1 is 1.64 bits per heavy atom. The van der Waals surface area contributed by atoms with Gasteiger partial charge in [-0.15, -0.1) is 0 Å². The van der Waals surface area contributed by atoms with E-state index in [1.807, 2.05) is 18.5 Å². The maximum absolute atomic E-state index is 9.78. The molecular weight excluding hydrogens is 138 g/mol. The molecule has 0 aliphatic heterocycles. The largest absolute Gasteiger partial charge is 0.367 e. The zero-order valence-electron chi connectivity index (χ0n) is 6.34. The van der Waals surface area contributed by atoms with Crippen LogP contribution in [0.5, 0.6) is 0 Å². The maximum Gasteiger partial charge on any atom is 0.120 e. The first kappa shape index (κ1) is 7.83. The molecule has 0 aromatic carbocycles. The predicted octanol–water partition coefficient (Wildman–Crippen LogP) is 1.73. The van der Waals surface area contributed by atoms with E-state index in [1.165, 1.54) is 11.6 Å². The van der Waals surface area contributed by atoms with Crippen LogP contribution < -0.4 is 0 Å². The van der Waals surface area contributed by atoms with Gasteiger partial charge in [0.1, 0.15) is 5.94 Å². The van der Waals surface area contributed by atoms with Crippen molar-refractivity contribution < 1.29 is 4.79 Å². The van der Waals surface area contributed by atoms with E-state index in [1.54, 1.807) is 5.94 Å². The molecule has 0 atom stereocenters. The van der Waals surface area contributed by atoms with Gasteiger partial charge >= 0.3 is 0 Å². The highest BCUT2D eigenvalue weighted by Gasteiger charge is 1.90. The normalized spacial score (nSPS) is 9.09. The highest BCUT2D eigenvalue weighted by atomic mass is 16.1. The van der Waals surface area contributed by atoms with E-state index in [2.05, 4.69) is 4.98 Å². The monoisotopic (exact) mass is 149 g/mol. The van der Waals surface area contributed by atoms with Gasteiger partial charge in [0.05, 0.1) is 0 Å². The maximum atomic E-state index is 9.78. The van der Waals surface area contributed by atoms with Gasteiger partial charge in [-0.1, -0.05) is 0 Å². The Hall–Kier alpha value is -1.27. The van der Waals surface area contributed by atoms with Crippen LogP contribution in [0.1, 0.15) is 18.4 Å². The van der Waals surface area contributed by atoms with Crippen molar-refractivity contribution >= 4 is 5.94 Å². The van der Waals surface area contributed by atoms with Crippen LogP contribution in [-0.2, 0) is 11.2 Å². The molecule has 0 aliphatic carbocycles. The molecule has 1 heterocycles. The zero-order valence-corrected chi connectivity index (χ0v) is 6.34. The quantitative estimate of drug-likeness (QED) is 0.513. The first-order valence-electron chi connectivity index (χ1n) is 3.74. The van der Waals surface area contributed by atoms with Crippen LogP contribution in [-0.4, -0.2) is 10.9 Å². The number of H-pyrrole nitrogens is 1. The summed E-state index contributed by atoms with van der Waals surface area (Å²) in [5.74, 6) is 1.76. The molecule has 0 fully saturated rings. The summed E-state index contributed by atoms with van der Waals surface area (Å²) in [6, 6.07) is 2.05. The van der Waals surface area contributed by atoms with Crippen LogP contribution in [0.15, 0.2) is 24.5 Å². The Labute approximate surface area is 65.9 Å². The van der Waals surface area contributed by atoms with Crippen molar-refractivity contribution in [3.63, 3.8) is 0 Å². The second kappa shape index (κ2) is 4.53. The third kappa shape index (κ3) is 2.87. The third-order valence-corrected chi connectivity index (χ3v) is 1.56. The minimum absolute atomic E-state index is 0.828. The number of hydrogen-bond donors (Lipinski definition) is 1. The van der Waals surface area contributed by atoms with Gasteiger partial charge in [0.25, 0.3) is 0 Å². The average molecular weight is 149 g/mol. The molecule has 0 saturated carbocycles. The fourth-order valence-electron chi connectivity index (χ4n) is 0.981. The summed E-state index contributed by atoms with van der Waals surface area (Å²) in [4.78, 5) is 12.8. The number of aromatic amines is 1. The van der Waals surface area contributed by atoms with Crippen molar-refractivity contribution in [1.29, 1.82) is 0 Å². The summed E-state index contributed by atoms with van der Waals surface area (Å²) in [6.45, 7) is 0. The lowest BCUT2D eigenvalue weighted by Crippen LogP contribution is -1.79. The van der Waals surface area contributed by atoms with Crippen LogP contribution >= 0.6 is 0 Å². The topological polar surface area (TPSA) is 32.9 Å². The number of aromatic nitrogens is 1. The minimum Gasteiger partial charge on any atom is -0.367 e. The molecule has 0 radical (unpaired) electrons. The van der Waals surface area contributed by atoms with Gasteiger partial charge in [-0.25, -0.2) is 4.79 Å². The standard InChI is InChI=1S/C9H11NO/c11-7-3-1-2-4-9-5-6-10-8-9/h3,5-6,8,10H,1-2,4H2. The number of rotatable bonds is 4. The molecule has 1 rings (SSSR count). The Morgan fingerprint density at radius 2 is 2.55 bits per heavy atom. The summed E-state index contributed by atoms with van der Waals surface area (Å²) in [5, 5.41) is 0. The molecule has 1 N–H and O–H groups in total. The van der Waals surface area contributed by atoms with Crippen LogP contribution in [0.25, 0.3) is 0 Å². The van der Waals surface area contributed by atoms with Gasteiger partial charge in [-0.3, -0.25) is 0 Å². The van der Waals surface area contributed by atoms with Gasteiger partial charge in [0.2, 0.25) is 0 Å². The summed E-state index contributed by atoms with van der Waals surface area (Å²) < 4.78 is 0. The number of aryl methyl sites for hydroxylation is 1. The minimum atomic E-state index is 0.828. The molecular formula is C9H11NO. The first-order valence-corrected chi connectivity index (χ1v) is 3.74. The van der Waals surface area contributed by atoms with Crippen LogP contribution in [0.4, 0.5) is 0 Å². The van der Waals surface area contributed by atoms with E-state index in [4.69, 9.17) is 0 Å². The highest BCUT2D eigenvalue weighted by Crippen LogP contribution is 2.02. The fraction of sp³-hybridized carbons (Fsp3) is 0.333. The molecule has 0 saturated heterocycles. The van der Waals surface area contributed by atoms with E-state index >= 15 is 0 Å². The second-order valence-corrected chi connectivity index (χ2v) is 2.43. The van der Waals surface area contributed by atoms with Crippen molar-refractivity contribution in [2.75, 3.05) is 0 Å². The van der Waals surface area contributed by atoms with Crippen molar-refractivity contribution in [1.82, 2.24) is 4.98 Å². The van der Waals surface area contributed by atoms with Crippen LogP contribution in [0, 0.1) is 0 Å². The lowest BCUT2D eigenvalue weighted by molar-refractivity contribution is 0.567. The highest BCUT2D eigenvalue weighted by molar-refractivity contribution is 5.44. The van der Waals surface area contributed by atoms with Gasteiger partial charge in [0.15, 0.2) is 0 Å². The van der Waals surface area contributed by atoms with E-state index in [0.29, 0.717) is 0 Å². The van der Waals surface area contributed by atoms with E-state index < -0.39 is 0 Å². The lowest BCUT2D eigenvalue weighted by Gasteiger charge is -1.91. The number of unbranched alkanes of at least 4 members (excludes halogenated alkanes) is 1. The summed E-state index contributed by atoms with van der Waals surface area (Å²) in [5.41, 5.74) is 1.30. The smallest absolute Gasteiger partial charge is 0.120 e. The fourth-order valence-corrected chi connectivity index (χ4v) is 0.981. The molecule has 1 aromatic heterocycles. The van der Waals surface area contributed by atoms with Crippen molar-refractivity contribution in [2.45, 2.75) is 19.3 Å². The average Bonchev–Trinajstić information content (AvgIpc) is 2.50. The van der Waals surface area contributed by atoms with Gasteiger partial charge in [0, 0.05) is 12.4 Å². The molecule has 0 unspecified atom stereocenters. The van der Waals surface area contributed by atoms with Gasteiger partial charge in [-0.05, 0) is 37.0 Å². The second-order valence-electron chi connectivity index (χ2n) is 2.43. The molecule has 0 aliphatic rings. The molecule has 0 spiro atoms. The Bertz CT molecular complexity index is 232. The number of hydrogen-bond acceptors (Lipinski definition) is 1. The first-order chi connectivity index (χ1) is 5.43. The summed E-state index contributed by atoms with van der Waals surface area (Å²) >= 11 is 0.